The van der Waals surface area contributed by atoms with Crippen LogP contribution in [0.1, 0.15) is 11.1 Å². The van der Waals surface area contributed by atoms with Gasteiger partial charge in [-0.1, -0.05) is 12.1 Å². The van der Waals surface area contributed by atoms with Crippen LogP contribution >= 0.6 is 0 Å². The van der Waals surface area contributed by atoms with E-state index in [0.29, 0.717) is 0 Å². The van der Waals surface area contributed by atoms with Gasteiger partial charge in [-0.2, -0.15) is 0 Å². The number of nitrogens with zero attached hydrogens (tertiary/aromatic N) is 1. The van der Waals surface area contributed by atoms with Crippen molar-refractivity contribution < 1.29 is 9.53 Å². The van der Waals surface area contributed by atoms with Crippen molar-refractivity contribution in [3.63, 3.8) is 0 Å². The SMILES string of the molecule is Cc1cccc(OCNC(=O)N2CCNCC2)c1C. The van der Waals surface area contributed by atoms with Crippen LogP contribution in [0, 0.1) is 13.8 Å². The number of carbonyl (C=O) groups is 1. The number of urea groups is 1. The summed E-state index contributed by atoms with van der Waals surface area (Å²) in [5, 5.41) is 6.00. The van der Waals surface area contributed by atoms with Gasteiger partial charge in [0, 0.05) is 26.2 Å². The number of hydrogen-bond donors (Lipinski definition) is 2. The lowest BCUT2D eigenvalue weighted by atomic mass is 10.1. The third-order valence-corrected chi connectivity index (χ3v) is 3.41. The van der Waals surface area contributed by atoms with Crippen molar-refractivity contribution in [3.8, 4) is 5.75 Å². The maximum Gasteiger partial charge on any atom is 0.320 e. The molecule has 2 rings (SSSR count). The second-order valence-electron chi connectivity index (χ2n) is 4.71. The highest BCUT2D eigenvalue weighted by Crippen LogP contribution is 2.19. The number of piperazine rings is 1. The summed E-state index contributed by atoms with van der Waals surface area (Å²) in [6.45, 7) is 7.46. The molecule has 0 aliphatic carbocycles. The van der Waals surface area contributed by atoms with Gasteiger partial charge in [-0.15, -0.1) is 0 Å². The Kier molecular flexibility index (Phi) is 4.63. The van der Waals surface area contributed by atoms with E-state index < -0.39 is 0 Å². The zero-order chi connectivity index (χ0) is 13.7. The fourth-order valence-electron chi connectivity index (χ4n) is 2.04. The molecule has 1 aliphatic heterocycles. The minimum absolute atomic E-state index is 0.0631. The third-order valence-electron chi connectivity index (χ3n) is 3.41. The minimum Gasteiger partial charge on any atom is -0.473 e. The van der Waals surface area contributed by atoms with Gasteiger partial charge < -0.3 is 20.3 Å². The van der Waals surface area contributed by atoms with Gasteiger partial charge >= 0.3 is 6.03 Å². The van der Waals surface area contributed by atoms with Gasteiger partial charge in [-0.05, 0) is 31.0 Å². The second-order valence-corrected chi connectivity index (χ2v) is 4.71. The summed E-state index contributed by atoms with van der Waals surface area (Å²) in [6.07, 6.45) is 0. The quantitative estimate of drug-likeness (QED) is 0.807. The molecular weight excluding hydrogens is 242 g/mol. The Morgan fingerprint density at radius 1 is 1.37 bits per heavy atom. The standard InChI is InChI=1S/C14H21N3O2/c1-11-4-3-5-13(12(11)2)19-10-16-14(18)17-8-6-15-7-9-17/h3-5,15H,6-10H2,1-2H3,(H,16,18). The smallest absolute Gasteiger partial charge is 0.320 e. The van der Waals surface area contributed by atoms with Crippen molar-refractivity contribution in [2.24, 2.45) is 0 Å². The molecule has 0 spiro atoms. The fraction of sp³-hybridized carbons (Fsp3) is 0.500. The summed E-state index contributed by atoms with van der Waals surface area (Å²) in [6, 6.07) is 5.85. The van der Waals surface area contributed by atoms with Gasteiger partial charge in [0.2, 0.25) is 0 Å². The lowest BCUT2D eigenvalue weighted by Gasteiger charge is -2.27. The third kappa shape index (κ3) is 3.61. The minimum atomic E-state index is -0.0631. The normalized spacial score (nSPS) is 15.2. The zero-order valence-corrected chi connectivity index (χ0v) is 11.5. The number of rotatable bonds is 3. The topological polar surface area (TPSA) is 53.6 Å². The van der Waals surface area contributed by atoms with Gasteiger partial charge in [0.15, 0.2) is 6.73 Å². The van der Waals surface area contributed by atoms with Crippen LogP contribution < -0.4 is 15.4 Å². The Morgan fingerprint density at radius 2 is 2.11 bits per heavy atom. The van der Waals surface area contributed by atoms with Gasteiger partial charge in [-0.25, -0.2) is 4.79 Å². The summed E-state index contributed by atoms with van der Waals surface area (Å²) in [5.74, 6) is 0.820. The largest absolute Gasteiger partial charge is 0.473 e. The Labute approximate surface area is 113 Å². The molecule has 2 amide bonds. The van der Waals surface area contributed by atoms with Gasteiger partial charge in [0.1, 0.15) is 5.75 Å². The van der Waals surface area contributed by atoms with Gasteiger partial charge in [0.25, 0.3) is 0 Å². The number of benzene rings is 1. The summed E-state index contributed by atoms with van der Waals surface area (Å²) in [7, 11) is 0. The average molecular weight is 263 g/mol. The number of nitrogens with one attached hydrogen (secondary N) is 2. The maximum absolute atomic E-state index is 11.8. The lowest BCUT2D eigenvalue weighted by molar-refractivity contribution is 0.177. The van der Waals surface area contributed by atoms with E-state index in [2.05, 4.69) is 10.6 Å². The van der Waals surface area contributed by atoms with Crippen molar-refractivity contribution in [2.75, 3.05) is 32.9 Å². The fourth-order valence-corrected chi connectivity index (χ4v) is 2.04. The first kappa shape index (κ1) is 13.7. The second kappa shape index (κ2) is 6.43. The number of amides is 2. The number of hydrogen-bond acceptors (Lipinski definition) is 3. The molecule has 104 valence electrons. The van der Waals surface area contributed by atoms with Crippen LogP contribution in [0.5, 0.6) is 5.75 Å². The van der Waals surface area contributed by atoms with E-state index in [0.717, 1.165) is 37.5 Å². The maximum atomic E-state index is 11.8. The van der Waals surface area contributed by atoms with Crippen molar-refractivity contribution in [1.82, 2.24) is 15.5 Å². The highest BCUT2D eigenvalue weighted by molar-refractivity contribution is 5.74. The molecule has 1 aromatic rings. The lowest BCUT2D eigenvalue weighted by Crippen LogP contribution is -2.50. The average Bonchev–Trinajstić information content (AvgIpc) is 2.44. The molecule has 1 heterocycles. The van der Waals surface area contributed by atoms with Crippen LogP contribution in [0.2, 0.25) is 0 Å². The molecule has 1 fully saturated rings. The molecule has 5 nitrogen and oxygen atoms in total. The molecule has 1 aliphatic rings. The number of ether oxygens (including phenoxy) is 1. The molecule has 1 saturated heterocycles. The Balaban J connectivity index is 1.79. The molecule has 0 bridgehead atoms. The van der Waals surface area contributed by atoms with Crippen molar-refractivity contribution in [1.29, 1.82) is 0 Å². The molecule has 0 aromatic heterocycles. The van der Waals surface area contributed by atoms with Crippen LogP contribution in [0.25, 0.3) is 0 Å². The van der Waals surface area contributed by atoms with E-state index in [1.807, 2.05) is 32.0 Å². The van der Waals surface area contributed by atoms with Crippen LogP contribution in [0.4, 0.5) is 4.79 Å². The highest BCUT2D eigenvalue weighted by Gasteiger charge is 2.15. The molecule has 0 saturated carbocycles. The number of aryl methyl sites for hydroxylation is 1. The molecule has 0 unspecified atom stereocenters. The Hall–Kier alpha value is -1.75. The molecule has 0 atom stereocenters. The van der Waals surface area contributed by atoms with Gasteiger partial charge in [-0.3, -0.25) is 0 Å². The van der Waals surface area contributed by atoms with E-state index in [4.69, 9.17) is 4.74 Å². The molecule has 19 heavy (non-hydrogen) atoms. The van der Waals surface area contributed by atoms with Crippen molar-refractivity contribution >= 4 is 6.03 Å². The first-order valence-corrected chi connectivity index (χ1v) is 6.61. The van der Waals surface area contributed by atoms with Gasteiger partial charge in [0.05, 0.1) is 0 Å². The van der Waals surface area contributed by atoms with Crippen LogP contribution in [0.15, 0.2) is 18.2 Å². The van der Waals surface area contributed by atoms with E-state index >= 15 is 0 Å². The van der Waals surface area contributed by atoms with E-state index in [9.17, 15) is 4.79 Å². The monoisotopic (exact) mass is 263 g/mol. The van der Waals surface area contributed by atoms with Crippen LogP contribution in [-0.4, -0.2) is 43.8 Å². The molecular formula is C14H21N3O2. The predicted octanol–water partition coefficient (Wildman–Crippen LogP) is 1.25. The van der Waals surface area contributed by atoms with Crippen LogP contribution in [-0.2, 0) is 0 Å². The predicted molar refractivity (Wildman–Crippen MR) is 74.4 cm³/mol. The van der Waals surface area contributed by atoms with Crippen molar-refractivity contribution in [3.05, 3.63) is 29.3 Å². The molecule has 0 radical (unpaired) electrons. The number of carbonyl (C=O) groups excluding carboxylic acids is 1. The Bertz CT molecular complexity index is 442. The summed E-state index contributed by atoms with van der Waals surface area (Å²) >= 11 is 0. The summed E-state index contributed by atoms with van der Waals surface area (Å²) in [4.78, 5) is 13.6. The molecule has 5 heteroatoms. The zero-order valence-electron chi connectivity index (χ0n) is 11.5. The Morgan fingerprint density at radius 3 is 2.84 bits per heavy atom. The van der Waals surface area contributed by atoms with E-state index in [-0.39, 0.29) is 12.8 Å². The molecule has 2 N–H and O–H groups in total. The first-order chi connectivity index (χ1) is 9.18. The van der Waals surface area contributed by atoms with Crippen molar-refractivity contribution in [2.45, 2.75) is 13.8 Å². The summed E-state index contributed by atoms with van der Waals surface area (Å²) in [5.41, 5.74) is 2.30. The highest BCUT2D eigenvalue weighted by atomic mass is 16.5. The van der Waals surface area contributed by atoms with E-state index in [1.165, 1.54) is 5.56 Å². The first-order valence-electron chi connectivity index (χ1n) is 6.61. The van der Waals surface area contributed by atoms with E-state index in [1.54, 1.807) is 4.90 Å². The summed E-state index contributed by atoms with van der Waals surface area (Å²) < 4.78 is 5.60. The molecule has 1 aromatic carbocycles. The van der Waals surface area contributed by atoms with Crippen LogP contribution in [0.3, 0.4) is 0 Å².